The summed E-state index contributed by atoms with van der Waals surface area (Å²) in [7, 11) is 0. The van der Waals surface area contributed by atoms with E-state index in [-0.39, 0.29) is 6.23 Å². The van der Waals surface area contributed by atoms with E-state index in [0.717, 1.165) is 31.1 Å². The summed E-state index contributed by atoms with van der Waals surface area (Å²) in [4.78, 5) is 6.15. The number of guanidine groups is 1. The molecule has 0 aliphatic carbocycles. The van der Waals surface area contributed by atoms with Crippen LogP contribution >= 0.6 is 0 Å². The summed E-state index contributed by atoms with van der Waals surface area (Å²) in [5, 5.41) is 3.33. The van der Waals surface area contributed by atoms with Crippen molar-refractivity contribution in [3.05, 3.63) is 24.3 Å². The van der Waals surface area contributed by atoms with Crippen molar-refractivity contribution < 1.29 is 4.74 Å². The summed E-state index contributed by atoms with van der Waals surface area (Å²) in [5.41, 5.74) is 6.83. The Kier molecular flexibility index (Phi) is 2.09. The molecule has 2 aliphatic rings. The summed E-state index contributed by atoms with van der Waals surface area (Å²) in [6, 6.07) is 7.91. The first-order valence-corrected chi connectivity index (χ1v) is 5.41. The zero-order valence-electron chi connectivity index (χ0n) is 8.89. The first-order valence-electron chi connectivity index (χ1n) is 5.41. The van der Waals surface area contributed by atoms with Gasteiger partial charge in [-0.3, -0.25) is 4.99 Å². The zero-order valence-corrected chi connectivity index (χ0v) is 8.89. The molecule has 0 saturated heterocycles. The van der Waals surface area contributed by atoms with Crippen LogP contribution in [-0.4, -0.2) is 36.7 Å². The molecular formula is C11H14N4O. The number of nitrogens with one attached hydrogen (secondary N) is 1. The Morgan fingerprint density at radius 2 is 2.31 bits per heavy atom. The van der Waals surface area contributed by atoms with Crippen molar-refractivity contribution in [1.82, 2.24) is 4.90 Å². The van der Waals surface area contributed by atoms with E-state index >= 15 is 0 Å². The van der Waals surface area contributed by atoms with E-state index in [1.54, 1.807) is 0 Å². The van der Waals surface area contributed by atoms with Crippen molar-refractivity contribution in [2.75, 3.05) is 25.0 Å². The Labute approximate surface area is 93.9 Å². The van der Waals surface area contributed by atoms with Crippen LogP contribution in [0.25, 0.3) is 0 Å². The molecule has 1 unspecified atom stereocenters. The minimum absolute atomic E-state index is 0.0545. The lowest BCUT2D eigenvalue weighted by molar-refractivity contribution is 0.0899. The van der Waals surface area contributed by atoms with Gasteiger partial charge in [0.25, 0.3) is 0 Å². The standard InChI is InChI=1S/C11H14N4O/c12-11-13-5-6-15(11)10-7-14-8-3-1-2-4-9(8)16-10/h1-4,10,14H,5-7H2,(H2,12,13). The summed E-state index contributed by atoms with van der Waals surface area (Å²) in [5.74, 6) is 1.45. The lowest BCUT2D eigenvalue weighted by atomic mass is 10.2. The average Bonchev–Trinajstić information content (AvgIpc) is 2.75. The van der Waals surface area contributed by atoms with Gasteiger partial charge in [-0.15, -0.1) is 0 Å². The van der Waals surface area contributed by atoms with Gasteiger partial charge in [-0.25, -0.2) is 0 Å². The molecule has 3 rings (SSSR count). The second kappa shape index (κ2) is 3.59. The number of hydrogen-bond donors (Lipinski definition) is 2. The minimum atomic E-state index is -0.0545. The van der Waals surface area contributed by atoms with Gasteiger partial charge in [0.15, 0.2) is 12.2 Å². The van der Waals surface area contributed by atoms with Crippen molar-refractivity contribution in [3.63, 3.8) is 0 Å². The van der Waals surface area contributed by atoms with E-state index in [4.69, 9.17) is 10.5 Å². The molecule has 0 saturated carbocycles. The molecule has 1 aromatic rings. The number of anilines is 1. The number of para-hydroxylation sites is 2. The first kappa shape index (κ1) is 9.33. The molecule has 0 spiro atoms. The van der Waals surface area contributed by atoms with Gasteiger partial charge in [-0.05, 0) is 12.1 Å². The number of aliphatic imine (C=N–C) groups is 1. The number of hydrogen-bond acceptors (Lipinski definition) is 5. The quantitative estimate of drug-likeness (QED) is 0.718. The monoisotopic (exact) mass is 218 g/mol. The van der Waals surface area contributed by atoms with Crippen LogP contribution in [0.3, 0.4) is 0 Å². The van der Waals surface area contributed by atoms with E-state index in [2.05, 4.69) is 10.3 Å². The lowest BCUT2D eigenvalue weighted by Crippen LogP contribution is -2.50. The number of rotatable bonds is 1. The molecular weight excluding hydrogens is 204 g/mol. The summed E-state index contributed by atoms with van der Waals surface area (Å²) in [6.07, 6.45) is -0.0545. The van der Waals surface area contributed by atoms with Crippen LogP contribution in [0.1, 0.15) is 0 Å². The Morgan fingerprint density at radius 3 is 3.12 bits per heavy atom. The van der Waals surface area contributed by atoms with Crippen molar-refractivity contribution >= 4 is 11.6 Å². The number of fused-ring (bicyclic) bond motifs is 1. The molecule has 84 valence electrons. The normalized spacial score (nSPS) is 23.1. The molecule has 0 aromatic heterocycles. The molecule has 0 radical (unpaired) electrons. The SMILES string of the molecule is NC1=NCCN1C1CNc2ccccc2O1. The topological polar surface area (TPSA) is 62.9 Å². The largest absolute Gasteiger partial charge is 0.466 e. The van der Waals surface area contributed by atoms with Crippen molar-refractivity contribution in [2.24, 2.45) is 10.7 Å². The van der Waals surface area contributed by atoms with E-state index in [0.29, 0.717) is 5.96 Å². The molecule has 2 heterocycles. The fraction of sp³-hybridized carbons (Fsp3) is 0.364. The highest BCUT2D eigenvalue weighted by molar-refractivity contribution is 5.80. The molecule has 1 aromatic carbocycles. The highest BCUT2D eigenvalue weighted by Crippen LogP contribution is 2.29. The Hall–Kier alpha value is -1.91. The number of benzene rings is 1. The molecule has 1 atom stereocenters. The van der Waals surface area contributed by atoms with Crippen LogP contribution in [0.4, 0.5) is 5.69 Å². The maximum atomic E-state index is 5.89. The van der Waals surface area contributed by atoms with E-state index in [1.165, 1.54) is 0 Å². The van der Waals surface area contributed by atoms with Crippen LogP contribution in [0.15, 0.2) is 29.3 Å². The highest BCUT2D eigenvalue weighted by Gasteiger charge is 2.28. The van der Waals surface area contributed by atoms with Gasteiger partial charge in [-0.2, -0.15) is 0 Å². The molecule has 0 fully saturated rings. The Bertz CT molecular complexity index is 432. The van der Waals surface area contributed by atoms with Crippen LogP contribution < -0.4 is 15.8 Å². The third-order valence-corrected chi connectivity index (χ3v) is 2.87. The molecule has 2 aliphatic heterocycles. The Morgan fingerprint density at radius 1 is 1.44 bits per heavy atom. The maximum Gasteiger partial charge on any atom is 0.194 e. The highest BCUT2D eigenvalue weighted by atomic mass is 16.5. The minimum Gasteiger partial charge on any atom is -0.466 e. The fourth-order valence-corrected chi connectivity index (χ4v) is 2.04. The zero-order chi connectivity index (χ0) is 11.0. The van der Waals surface area contributed by atoms with Gasteiger partial charge in [0.2, 0.25) is 0 Å². The number of nitrogens with two attached hydrogens (primary N) is 1. The predicted octanol–water partition coefficient (Wildman–Crippen LogP) is 0.447. The number of ether oxygens (including phenoxy) is 1. The lowest BCUT2D eigenvalue weighted by Gasteiger charge is -2.34. The van der Waals surface area contributed by atoms with Gasteiger partial charge < -0.3 is 20.7 Å². The maximum absolute atomic E-state index is 5.89. The van der Waals surface area contributed by atoms with Gasteiger partial charge in [0.1, 0.15) is 5.75 Å². The van der Waals surface area contributed by atoms with Crippen molar-refractivity contribution in [3.8, 4) is 5.75 Å². The van der Waals surface area contributed by atoms with E-state index in [9.17, 15) is 0 Å². The summed E-state index contributed by atoms with van der Waals surface area (Å²) < 4.78 is 5.89. The van der Waals surface area contributed by atoms with Crippen LogP contribution in [0.2, 0.25) is 0 Å². The summed E-state index contributed by atoms with van der Waals surface area (Å²) >= 11 is 0. The van der Waals surface area contributed by atoms with Crippen LogP contribution in [-0.2, 0) is 0 Å². The van der Waals surface area contributed by atoms with Gasteiger partial charge in [-0.1, -0.05) is 12.1 Å². The van der Waals surface area contributed by atoms with Crippen molar-refractivity contribution in [2.45, 2.75) is 6.23 Å². The molecule has 16 heavy (non-hydrogen) atoms. The van der Waals surface area contributed by atoms with Crippen molar-refractivity contribution in [1.29, 1.82) is 0 Å². The van der Waals surface area contributed by atoms with E-state index < -0.39 is 0 Å². The third-order valence-electron chi connectivity index (χ3n) is 2.87. The van der Waals surface area contributed by atoms with Crippen LogP contribution in [0.5, 0.6) is 5.75 Å². The second-order valence-corrected chi connectivity index (χ2v) is 3.88. The summed E-state index contributed by atoms with van der Waals surface area (Å²) in [6.45, 7) is 2.32. The predicted molar refractivity (Wildman–Crippen MR) is 62.5 cm³/mol. The Balaban J connectivity index is 1.80. The van der Waals surface area contributed by atoms with Gasteiger partial charge >= 0.3 is 0 Å². The average molecular weight is 218 g/mol. The number of nitrogens with zero attached hydrogens (tertiary/aromatic N) is 2. The molecule has 5 heteroatoms. The van der Waals surface area contributed by atoms with E-state index in [1.807, 2.05) is 29.2 Å². The smallest absolute Gasteiger partial charge is 0.194 e. The fourth-order valence-electron chi connectivity index (χ4n) is 2.04. The molecule has 0 amide bonds. The molecule has 3 N–H and O–H groups in total. The molecule has 0 bridgehead atoms. The second-order valence-electron chi connectivity index (χ2n) is 3.88. The van der Waals surface area contributed by atoms with Gasteiger partial charge in [0.05, 0.1) is 18.8 Å². The van der Waals surface area contributed by atoms with Gasteiger partial charge in [0, 0.05) is 6.54 Å². The molecule has 5 nitrogen and oxygen atoms in total. The third kappa shape index (κ3) is 1.44. The van der Waals surface area contributed by atoms with Crippen LogP contribution in [0, 0.1) is 0 Å². The first-order chi connectivity index (χ1) is 7.84.